The lowest BCUT2D eigenvalue weighted by molar-refractivity contribution is -0.140. The fraction of sp³-hybridized carbons (Fsp3) is 0.143. The van der Waals surface area contributed by atoms with E-state index in [2.05, 4.69) is 0 Å². The predicted octanol–water partition coefficient (Wildman–Crippen LogP) is 4.55. The van der Waals surface area contributed by atoms with Gasteiger partial charge in [0, 0.05) is 5.02 Å². The van der Waals surface area contributed by atoms with Gasteiger partial charge >= 0.3 is 6.18 Å². The topological polar surface area (TPSA) is 26.0 Å². The van der Waals surface area contributed by atoms with E-state index in [0.717, 1.165) is 12.1 Å². The summed E-state index contributed by atoms with van der Waals surface area (Å²) in [6.07, 6.45) is -4.75. The summed E-state index contributed by atoms with van der Waals surface area (Å²) in [5.41, 5.74) is 5.35. The number of hydrogen-bond acceptors (Lipinski definition) is 1. The van der Waals surface area contributed by atoms with Crippen molar-refractivity contribution in [3.05, 3.63) is 70.0 Å². The summed E-state index contributed by atoms with van der Waals surface area (Å²) < 4.78 is 51.2. The van der Waals surface area contributed by atoms with Gasteiger partial charge in [0.05, 0.1) is 11.6 Å². The van der Waals surface area contributed by atoms with E-state index in [1.807, 2.05) is 0 Å². The molecular weight excluding hydrogens is 294 g/mol. The van der Waals surface area contributed by atoms with Crippen molar-refractivity contribution in [2.75, 3.05) is 0 Å². The van der Waals surface area contributed by atoms with Crippen LogP contribution in [0.5, 0.6) is 0 Å². The molecule has 1 nitrogen and oxygen atoms in total. The van der Waals surface area contributed by atoms with Crippen LogP contribution in [0.4, 0.5) is 17.6 Å². The molecule has 0 fully saturated rings. The molecule has 2 aromatic rings. The first-order chi connectivity index (χ1) is 9.29. The highest BCUT2D eigenvalue weighted by atomic mass is 35.5. The zero-order valence-electron chi connectivity index (χ0n) is 10.1. The van der Waals surface area contributed by atoms with Crippen molar-refractivity contribution in [1.82, 2.24) is 0 Å². The van der Waals surface area contributed by atoms with Crippen LogP contribution < -0.4 is 5.73 Å². The summed E-state index contributed by atoms with van der Waals surface area (Å²) in [5, 5.41) is 0.496. The van der Waals surface area contributed by atoms with Crippen molar-refractivity contribution >= 4 is 11.6 Å². The van der Waals surface area contributed by atoms with E-state index in [4.69, 9.17) is 17.3 Å². The third-order valence-corrected chi connectivity index (χ3v) is 3.14. The molecule has 0 aliphatic carbocycles. The molecule has 2 rings (SSSR count). The van der Waals surface area contributed by atoms with Crippen molar-refractivity contribution in [1.29, 1.82) is 0 Å². The molecule has 20 heavy (non-hydrogen) atoms. The summed E-state index contributed by atoms with van der Waals surface area (Å²) in [4.78, 5) is 0. The first kappa shape index (κ1) is 14.8. The van der Waals surface area contributed by atoms with Gasteiger partial charge in [-0.25, -0.2) is 4.39 Å². The van der Waals surface area contributed by atoms with Crippen LogP contribution >= 0.6 is 11.6 Å². The van der Waals surface area contributed by atoms with Crippen molar-refractivity contribution in [2.45, 2.75) is 12.2 Å². The maximum Gasteiger partial charge on any atom is 0.419 e. The zero-order chi connectivity index (χ0) is 14.9. The van der Waals surface area contributed by atoms with Crippen LogP contribution in [0.25, 0.3) is 0 Å². The van der Waals surface area contributed by atoms with Crippen LogP contribution in [0.3, 0.4) is 0 Å². The molecule has 0 aliphatic rings. The maximum absolute atomic E-state index is 13.2. The smallest absolute Gasteiger partial charge is 0.320 e. The van der Waals surface area contributed by atoms with Crippen molar-refractivity contribution in [3.8, 4) is 0 Å². The molecule has 0 aliphatic heterocycles. The van der Waals surface area contributed by atoms with E-state index in [1.165, 1.54) is 6.07 Å². The molecule has 2 aromatic carbocycles. The Morgan fingerprint density at radius 1 is 0.950 bits per heavy atom. The molecule has 1 unspecified atom stereocenters. The van der Waals surface area contributed by atoms with Crippen molar-refractivity contribution in [3.63, 3.8) is 0 Å². The number of halogens is 5. The third-order valence-electron chi connectivity index (χ3n) is 2.88. The minimum absolute atomic E-state index is 0.182. The molecular formula is C14H10ClF4N. The van der Waals surface area contributed by atoms with Gasteiger partial charge in [0.25, 0.3) is 0 Å². The van der Waals surface area contributed by atoms with Gasteiger partial charge in [0.15, 0.2) is 0 Å². The minimum Gasteiger partial charge on any atom is -0.320 e. The van der Waals surface area contributed by atoms with E-state index in [9.17, 15) is 17.6 Å². The molecule has 0 spiro atoms. The largest absolute Gasteiger partial charge is 0.419 e. The average Bonchev–Trinajstić information content (AvgIpc) is 2.38. The van der Waals surface area contributed by atoms with Crippen molar-refractivity contribution < 1.29 is 17.6 Å². The highest BCUT2D eigenvalue weighted by molar-refractivity contribution is 6.30. The Kier molecular flexibility index (Phi) is 4.01. The Balaban J connectivity index is 2.40. The second-order valence-electron chi connectivity index (χ2n) is 4.27. The molecule has 0 radical (unpaired) electrons. The molecule has 0 saturated carbocycles. The lowest BCUT2D eigenvalue weighted by atomic mass is 9.97. The Morgan fingerprint density at radius 3 is 2.05 bits per heavy atom. The molecule has 106 valence electrons. The van der Waals surface area contributed by atoms with E-state index >= 15 is 0 Å². The van der Waals surface area contributed by atoms with Crippen LogP contribution in [0, 0.1) is 5.82 Å². The first-order valence-electron chi connectivity index (χ1n) is 5.66. The summed E-state index contributed by atoms with van der Waals surface area (Å²) in [6.45, 7) is 0. The number of hydrogen-bond donors (Lipinski definition) is 1. The van der Waals surface area contributed by atoms with Gasteiger partial charge in [-0.05, 0) is 35.4 Å². The van der Waals surface area contributed by atoms with Gasteiger partial charge in [-0.15, -0.1) is 0 Å². The zero-order valence-corrected chi connectivity index (χ0v) is 10.8. The Labute approximate surface area is 118 Å². The van der Waals surface area contributed by atoms with Crippen LogP contribution in [-0.2, 0) is 6.18 Å². The molecule has 6 heteroatoms. The quantitative estimate of drug-likeness (QED) is 0.810. The minimum atomic E-state index is -4.75. The molecule has 0 bridgehead atoms. The fourth-order valence-corrected chi connectivity index (χ4v) is 1.94. The van der Waals surface area contributed by atoms with E-state index < -0.39 is 23.6 Å². The molecule has 1 atom stereocenters. The molecule has 2 N–H and O–H groups in total. The summed E-state index contributed by atoms with van der Waals surface area (Å²) in [7, 11) is 0. The number of rotatable bonds is 2. The van der Waals surface area contributed by atoms with E-state index in [-0.39, 0.29) is 5.56 Å². The van der Waals surface area contributed by atoms with Crippen LogP contribution in [-0.4, -0.2) is 0 Å². The Bertz CT molecular complexity index is 608. The second kappa shape index (κ2) is 5.42. The van der Waals surface area contributed by atoms with Crippen LogP contribution in [0.2, 0.25) is 5.02 Å². The number of benzene rings is 2. The van der Waals surface area contributed by atoms with E-state index in [1.54, 1.807) is 24.3 Å². The van der Waals surface area contributed by atoms with Crippen LogP contribution in [0.1, 0.15) is 22.7 Å². The van der Waals surface area contributed by atoms with Gasteiger partial charge in [-0.3, -0.25) is 0 Å². The fourth-order valence-electron chi connectivity index (χ4n) is 1.82. The monoisotopic (exact) mass is 303 g/mol. The highest BCUT2D eigenvalue weighted by Crippen LogP contribution is 2.33. The highest BCUT2D eigenvalue weighted by Gasteiger charge is 2.34. The van der Waals surface area contributed by atoms with Gasteiger partial charge in [-0.1, -0.05) is 29.8 Å². The SMILES string of the molecule is NC(c1ccc(Cl)cc1)c1ccc(F)c(C(F)(F)F)c1. The predicted molar refractivity (Wildman–Crippen MR) is 68.9 cm³/mol. The second-order valence-corrected chi connectivity index (χ2v) is 4.70. The third kappa shape index (κ3) is 3.11. The molecule has 0 amide bonds. The van der Waals surface area contributed by atoms with Crippen molar-refractivity contribution in [2.24, 2.45) is 5.73 Å². The lowest BCUT2D eigenvalue weighted by Gasteiger charge is -2.15. The van der Waals surface area contributed by atoms with Gasteiger partial charge in [0.1, 0.15) is 5.82 Å². The van der Waals surface area contributed by atoms with Gasteiger partial charge in [0.2, 0.25) is 0 Å². The van der Waals surface area contributed by atoms with Gasteiger partial charge in [-0.2, -0.15) is 13.2 Å². The van der Waals surface area contributed by atoms with Gasteiger partial charge < -0.3 is 5.73 Å². The summed E-state index contributed by atoms with van der Waals surface area (Å²) in [6, 6.07) is 8.36. The average molecular weight is 304 g/mol. The summed E-state index contributed by atoms with van der Waals surface area (Å²) >= 11 is 5.73. The Hall–Kier alpha value is -1.59. The van der Waals surface area contributed by atoms with E-state index in [0.29, 0.717) is 10.6 Å². The standard InChI is InChI=1S/C14H10ClF4N/c15-10-4-1-8(2-5-10)13(20)9-3-6-12(16)11(7-9)14(17,18)19/h1-7,13H,20H2. The number of alkyl halides is 3. The lowest BCUT2D eigenvalue weighted by Crippen LogP contribution is -2.15. The normalized spacial score (nSPS) is 13.3. The first-order valence-corrected chi connectivity index (χ1v) is 6.04. The Morgan fingerprint density at radius 2 is 1.50 bits per heavy atom. The number of nitrogens with two attached hydrogens (primary N) is 1. The molecule has 0 heterocycles. The maximum atomic E-state index is 13.2. The molecule has 0 aromatic heterocycles. The molecule has 0 saturated heterocycles. The summed E-state index contributed by atoms with van der Waals surface area (Å²) in [5.74, 6) is -1.32. The van der Waals surface area contributed by atoms with Crippen LogP contribution in [0.15, 0.2) is 42.5 Å².